The van der Waals surface area contributed by atoms with Crippen molar-refractivity contribution in [2.75, 3.05) is 13.1 Å². The van der Waals surface area contributed by atoms with E-state index in [4.69, 9.17) is 0 Å². The normalized spacial score (nSPS) is 32.0. The molecule has 2 atom stereocenters. The van der Waals surface area contributed by atoms with E-state index in [1.165, 1.54) is 48.7 Å². The number of halogens is 1. The first kappa shape index (κ1) is 13.6. The van der Waals surface area contributed by atoms with Crippen molar-refractivity contribution in [3.8, 4) is 0 Å². The Morgan fingerprint density at radius 1 is 1.26 bits per heavy atom. The molecule has 2 aliphatic rings. The Morgan fingerprint density at radius 2 is 2.00 bits per heavy atom. The Balaban J connectivity index is 1.81. The van der Waals surface area contributed by atoms with Crippen LogP contribution in [0.3, 0.4) is 0 Å². The van der Waals surface area contributed by atoms with E-state index in [-0.39, 0.29) is 0 Å². The van der Waals surface area contributed by atoms with Gasteiger partial charge in [0.05, 0.1) is 0 Å². The quantitative estimate of drug-likeness (QED) is 0.849. The molecule has 1 aromatic carbocycles. The second-order valence-corrected chi connectivity index (χ2v) is 7.63. The van der Waals surface area contributed by atoms with Crippen LogP contribution in [0.2, 0.25) is 0 Å². The van der Waals surface area contributed by atoms with Gasteiger partial charge in [-0.15, -0.1) is 0 Å². The first-order valence-electron chi connectivity index (χ1n) is 7.63. The van der Waals surface area contributed by atoms with Crippen molar-refractivity contribution in [1.29, 1.82) is 0 Å². The second kappa shape index (κ2) is 5.57. The van der Waals surface area contributed by atoms with Gasteiger partial charge in [0.2, 0.25) is 0 Å². The van der Waals surface area contributed by atoms with Crippen LogP contribution in [0, 0.1) is 11.3 Å². The summed E-state index contributed by atoms with van der Waals surface area (Å²) < 4.78 is 1.18. The Morgan fingerprint density at radius 3 is 2.63 bits per heavy atom. The lowest BCUT2D eigenvalue weighted by molar-refractivity contribution is 0.111. The van der Waals surface area contributed by atoms with Crippen molar-refractivity contribution in [1.82, 2.24) is 5.32 Å². The minimum Gasteiger partial charge on any atom is -0.316 e. The Hall–Kier alpha value is -0.340. The predicted molar refractivity (Wildman–Crippen MR) is 84.4 cm³/mol. The summed E-state index contributed by atoms with van der Waals surface area (Å²) in [5.41, 5.74) is 2.00. The summed E-state index contributed by atoms with van der Waals surface area (Å²) in [4.78, 5) is 0. The molecule has 2 heteroatoms. The van der Waals surface area contributed by atoms with Gasteiger partial charge in [0, 0.05) is 16.9 Å². The molecule has 1 nitrogen and oxygen atoms in total. The van der Waals surface area contributed by atoms with Gasteiger partial charge in [-0.1, -0.05) is 54.2 Å². The molecule has 1 N–H and O–H groups in total. The number of hydrogen-bond donors (Lipinski definition) is 1. The molecule has 1 aliphatic carbocycles. The molecule has 1 saturated heterocycles. The van der Waals surface area contributed by atoms with Crippen LogP contribution in [-0.4, -0.2) is 13.1 Å². The zero-order valence-electron chi connectivity index (χ0n) is 11.8. The fraction of sp³-hybridized carbons (Fsp3) is 0.647. The van der Waals surface area contributed by atoms with Crippen LogP contribution in [0.4, 0.5) is 0 Å². The molecule has 0 spiro atoms. The zero-order valence-corrected chi connectivity index (χ0v) is 13.4. The van der Waals surface area contributed by atoms with Crippen LogP contribution in [0.25, 0.3) is 0 Å². The summed E-state index contributed by atoms with van der Waals surface area (Å²) in [6, 6.07) is 8.99. The van der Waals surface area contributed by atoms with E-state index in [0.29, 0.717) is 11.3 Å². The fourth-order valence-corrected chi connectivity index (χ4v) is 4.12. The fourth-order valence-electron chi connectivity index (χ4n) is 3.86. The molecule has 0 radical (unpaired) electrons. The average Bonchev–Trinajstić information content (AvgIpc) is 2.36. The van der Waals surface area contributed by atoms with E-state index in [1.807, 2.05) is 0 Å². The zero-order chi connectivity index (χ0) is 13.3. The van der Waals surface area contributed by atoms with Gasteiger partial charge >= 0.3 is 0 Å². The summed E-state index contributed by atoms with van der Waals surface area (Å²) in [6.45, 7) is 4.86. The van der Waals surface area contributed by atoms with Crippen LogP contribution in [0.1, 0.15) is 50.5 Å². The van der Waals surface area contributed by atoms with Crippen molar-refractivity contribution in [3.63, 3.8) is 0 Å². The average molecular weight is 322 g/mol. The van der Waals surface area contributed by atoms with Crippen molar-refractivity contribution >= 4 is 15.9 Å². The highest BCUT2D eigenvalue weighted by molar-refractivity contribution is 9.10. The standard InChI is InChI=1S/C17H24BrN/c1-17(11-13-3-2-4-13)9-10-19-12-16(17)14-5-7-15(18)8-6-14/h5-8,13,16,19H,2-4,9-12H2,1H3. The molecule has 2 unspecified atom stereocenters. The molecule has 1 aromatic rings. The SMILES string of the molecule is CC1(CC2CCC2)CCNCC1c1ccc(Br)cc1. The molecule has 1 heterocycles. The van der Waals surface area contributed by atoms with Crippen molar-refractivity contribution in [3.05, 3.63) is 34.3 Å². The van der Waals surface area contributed by atoms with Gasteiger partial charge in [0.25, 0.3) is 0 Å². The van der Waals surface area contributed by atoms with Gasteiger partial charge in [-0.05, 0) is 48.4 Å². The monoisotopic (exact) mass is 321 g/mol. The smallest absolute Gasteiger partial charge is 0.0175 e. The highest BCUT2D eigenvalue weighted by atomic mass is 79.9. The van der Waals surface area contributed by atoms with Crippen LogP contribution < -0.4 is 5.32 Å². The van der Waals surface area contributed by atoms with E-state index in [9.17, 15) is 0 Å². The van der Waals surface area contributed by atoms with Gasteiger partial charge in [0.1, 0.15) is 0 Å². The summed E-state index contributed by atoms with van der Waals surface area (Å²) >= 11 is 3.54. The van der Waals surface area contributed by atoms with Gasteiger partial charge in [-0.2, -0.15) is 0 Å². The minimum absolute atomic E-state index is 0.490. The third-order valence-corrected chi connectivity index (χ3v) is 5.84. The molecule has 19 heavy (non-hydrogen) atoms. The van der Waals surface area contributed by atoms with Gasteiger partial charge < -0.3 is 5.32 Å². The van der Waals surface area contributed by atoms with Gasteiger partial charge in [-0.25, -0.2) is 0 Å². The van der Waals surface area contributed by atoms with E-state index < -0.39 is 0 Å². The Kier molecular flexibility index (Phi) is 4.00. The highest BCUT2D eigenvalue weighted by Gasteiger charge is 2.39. The molecular formula is C17H24BrN. The molecule has 0 amide bonds. The number of rotatable bonds is 3. The summed E-state index contributed by atoms with van der Waals surface area (Å²) in [6.07, 6.45) is 7.15. The maximum Gasteiger partial charge on any atom is 0.0175 e. The maximum atomic E-state index is 3.60. The Bertz CT molecular complexity index is 423. The number of hydrogen-bond acceptors (Lipinski definition) is 1. The Labute approximate surface area is 125 Å². The molecule has 0 aromatic heterocycles. The molecule has 3 rings (SSSR count). The lowest BCUT2D eigenvalue weighted by atomic mass is 9.62. The van der Waals surface area contributed by atoms with Crippen molar-refractivity contribution in [2.45, 2.75) is 44.9 Å². The largest absolute Gasteiger partial charge is 0.316 e. The molecule has 0 bridgehead atoms. The summed E-state index contributed by atoms with van der Waals surface area (Å²) in [5, 5.41) is 3.60. The molecule has 104 valence electrons. The third-order valence-electron chi connectivity index (χ3n) is 5.31. The first-order chi connectivity index (χ1) is 9.17. The molecule has 1 saturated carbocycles. The third kappa shape index (κ3) is 2.90. The lowest BCUT2D eigenvalue weighted by Gasteiger charge is -2.46. The predicted octanol–water partition coefficient (Wildman–Crippen LogP) is 4.72. The first-order valence-corrected chi connectivity index (χ1v) is 8.43. The van der Waals surface area contributed by atoms with Crippen molar-refractivity contribution in [2.24, 2.45) is 11.3 Å². The number of nitrogens with one attached hydrogen (secondary N) is 1. The maximum absolute atomic E-state index is 3.60. The van der Waals surface area contributed by atoms with Crippen LogP contribution in [0.15, 0.2) is 28.7 Å². The topological polar surface area (TPSA) is 12.0 Å². The van der Waals surface area contributed by atoms with E-state index >= 15 is 0 Å². The van der Waals surface area contributed by atoms with E-state index in [1.54, 1.807) is 0 Å². The number of piperidine rings is 1. The minimum atomic E-state index is 0.490. The van der Waals surface area contributed by atoms with E-state index in [0.717, 1.165) is 12.5 Å². The van der Waals surface area contributed by atoms with Crippen LogP contribution in [-0.2, 0) is 0 Å². The van der Waals surface area contributed by atoms with Crippen LogP contribution >= 0.6 is 15.9 Å². The summed E-state index contributed by atoms with van der Waals surface area (Å²) in [7, 11) is 0. The summed E-state index contributed by atoms with van der Waals surface area (Å²) in [5.74, 6) is 1.68. The van der Waals surface area contributed by atoms with E-state index in [2.05, 4.69) is 52.4 Å². The molecule has 1 aliphatic heterocycles. The van der Waals surface area contributed by atoms with Crippen molar-refractivity contribution < 1.29 is 0 Å². The van der Waals surface area contributed by atoms with Crippen LogP contribution in [0.5, 0.6) is 0 Å². The lowest BCUT2D eigenvalue weighted by Crippen LogP contribution is -2.43. The molecule has 2 fully saturated rings. The molecular weight excluding hydrogens is 298 g/mol. The van der Waals surface area contributed by atoms with Gasteiger partial charge in [-0.3, -0.25) is 0 Å². The second-order valence-electron chi connectivity index (χ2n) is 6.71. The van der Waals surface area contributed by atoms with Gasteiger partial charge in [0.15, 0.2) is 0 Å². The number of benzene rings is 1. The highest BCUT2D eigenvalue weighted by Crippen LogP contribution is 2.48.